The van der Waals surface area contributed by atoms with Gasteiger partial charge in [-0.25, -0.2) is 0 Å². The lowest BCUT2D eigenvalue weighted by Crippen LogP contribution is -2.40. The Morgan fingerprint density at radius 2 is 2.00 bits per heavy atom. The van der Waals surface area contributed by atoms with Crippen LogP contribution in [0.4, 0.5) is 0 Å². The average Bonchev–Trinajstić information content (AvgIpc) is 2.89. The summed E-state index contributed by atoms with van der Waals surface area (Å²) in [5.41, 5.74) is 1.01. The number of rotatable bonds is 7. The van der Waals surface area contributed by atoms with Crippen molar-refractivity contribution in [3.8, 4) is 0 Å². The van der Waals surface area contributed by atoms with Crippen LogP contribution in [-0.4, -0.2) is 51.7 Å². The normalized spacial score (nSPS) is 27.7. The molecule has 2 N–H and O–H groups in total. The Bertz CT molecular complexity index is 271. The van der Waals surface area contributed by atoms with E-state index in [4.69, 9.17) is 0 Å². The highest BCUT2D eigenvalue weighted by molar-refractivity contribution is 4.97. The van der Waals surface area contributed by atoms with Gasteiger partial charge in [0.2, 0.25) is 0 Å². The van der Waals surface area contributed by atoms with Gasteiger partial charge >= 0.3 is 0 Å². The van der Waals surface area contributed by atoms with Crippen molar-refractivity contribution >= 4 is 0 Å². The molecule has 1 heterocycles. The van der Waals surface area contributed by atoms with Crippen LogP contribution in [0.15, 0.2) is 0 Å². The second kappa shape index (κ2) is 5.48. The molecule has 3 heteroatoms. The van der Waals surface area contributed by atoms with Gasteiger partial charge in [-0.2, -0.15) is 0 Å². The lowest BCUT2D eigenvalue weighted by Gasteiger charge is -2.32. The summed E-state index contributed by atoms with van der Waals surface area (Å²) in [7, 11) is 4.31. The lowest BCUT2D eigenvalue weighted by atomic mass is 9.78. The van der Waals surface area contributed by atoms with E-state index in [1.54, 1.807) is 0 Å². The van der Waals surface area contributed by atoms with E-state index in [2.05, 4.69) is 43.5 Å². The number of likely N-dealkylation sites (tertiary alicyclic amines) is 1. The summed E-state index contributed by atoms with van der Waals surface area (Å²) in [5.74, 6) is 0.856. The Balaban J connectivity index is 1.72. The molecule has 1 unspecified atom stereocenters. The highest BCUT2D eigenvalue weighted by atomic mass is 15.1. The summed E-state index contributed by atoms with van der Waals surface area (Å²) in [6, 6.07) is 0. The van der Waals surface area contributed by atoms with E-state index < -0.39 is 0 Å². The maximum absolute atomic E-state index is 3.75. The van der Waals surface area contributed by atoms with Crippen molar-refractivity contribution < 1.29 is 0 Å². The van der Waals surface area contributed by atoms with Gasteiger partial charge in [-0.3, -0.25) is 0 Å². The molecule has 1 atom stereocenters. The fourth-order valence-corrected chi connectivity index (χ4v) is 3.33. The number of nitrogens with zero attached hydrogens (tertiary/aromatic N) is 1. The van der Waals surface area contributed by atoms with E-state index in [9.17, 15) is 0 Å². The van der Waals surface area contributed by atoms with Crippen LogP contribution in [0.3, 0.4) is 0 Å². The van der Waals surface area contributed by atoms with Crippen LogP contribution in [0.2, 0.25) is 0 Å². The van der Waals surface area contributed by atoms with Crippen LogP contribution < -0.4 is 10.6 Å². The van der Waals surface area contributed by atoms with Crippen molar-refractivity contribution in [3.63, 3.8) is 0 Å². The third-order valence-electron chi connectivity index (χ3n) is 5.09. The first kappa shape index (κ1) is 14.3. The van der Waals surface area contributed by atoms with Gasteiger partial charge in [-0.05, 0) is 56.7 Å². The van der Waals surface area contributed by atoms with E-state index in [1.165, 1.54) is 45.4 Å². The van der Waals surface area contributed by atoms with Crippen LogP contribution in [0.1, 0.15) is 33.1 Å². The Kier molecular flexibility index (Phi) is 4.35. The second-order valence-corrected chi connectivity index (χ2v) is 7.37. The zero-order valence-corrected chi connectivity index (χ0v) is 12.7. The van der Waals surface area contributed by atoms with Gasteiger partial charge in [0.05, 0.1) is 0 Å². The highest BCUT2D eigenvalue weighted by Gasteiger charge is 2.42. The zero-order valence-electron chi connectivity index (χ0n) is 12.7. The molecule has 2 aliphatic rings. The summed E-state index contributed by atoms with van der Waals surface area (Å²) in [6.45, 7) is 10.9. The molecule has 3 nitrogen and oxygen atoms in total. The first-order chi connectivity index (χ1) is 8.47. The molecule has 1 saturated heterocycles. The Morgan fingerprint density at radius 1 is 1.28 bits per heavy atom. The average molecular weight is 253 g/mol. The minimum absolute atomic E-state index is 0.431. The number of hydrogen-bond donors (Lipinski definition) is 2. The Hall–Kier alpha value is -0.120. The van der Waals surface area contributed by atoms with Crippen LogP contribution in [0, 0.1) is 16.7 Å². The van der Waals surface area contributed by atoms with Gasteiger partial charge < -0.3 is 15.5 Å². The van der Waals surface area contributed by atoms with E-state index in [0.717, 1.165) is 12.5 Å². The quantitative estimate of drug-likeness (QED) is 0.721. The Labute approximate surface area is 113 Å². The van der Waals surface area contributed by atoms with Crippen LogP contribution in [-0.2, 0) is 0 Å². The molecule has 2 rings (SSSR count). The van der Waals surface area contributed by atoms with E-state index in [0.29, 0.717) is 10.8 Å². The molecule has 0 aromatic carbocycles. The molecule has 1 aliphatic carbocycles. The van der Waals surface area contributed by atoms with Gasteiger partial charge in [0.15, 0.2) is 0 Å². The fourth-order valence-electron chi connectivity index (χ4n) is 3.33. The van der Waals surface area contributed by atoms with Crippen molar-refractivity contribution in [3.05, 3.63) is 0 Å². The van der Waals surface area contributed by atoms with Crippen LogP contribution in [0.25, 0.3) is 0 Å². The van der Waals surface area contributed by atoms with Gasteiger partial charge in [0.1, 0.15) is 0 Å². The molecule has 0 amide bonds. The minimum Gasteiger partial charge on any atom is -0.319 e. The third kappa shape index (κ3) is 3.46. The largest absolute Gasteiger partial charge is 0.319 e. The summed E-state index contributed by atoms with van der Waals surface area (Å²) < 4.78 is 0. The molecule has 18 heavy (non-hydrogen) atoms. The predicted molar refractivity (Wildman–Crippen MR) is 77.8 cm³/mol. The van der Waals surface area contributed by atoms with Crippen molar-refractivity contribution in [2.75, 3.05) is 46.8 Å². The lowest BCUT2D eigenvalue weighted by molar-refractivity contribution is 0.202. The summed E-state index contributed by atoms with van der Waals surface area (Å²) in [4.78, 5) is 2.47. The predicted octanol–water partition coefficient (Wildman–Crippen LogP) is 1.55. The summed E-state index contributed by atoms with van der Waals surface area (Å²) in [6.07, 6.45) is 4.16. The number of hydrogen-bond acceptors (Lipinski definition) is 3. The maximum atomic E-state index is 3.75. The fraction of sp³-hybridized carbons (Fsp3) is 1.00. The van der Waals surface area contributed by atoms with Crippen molar-refractivity contribution in [2.45, 2.75) is 33.1 Å². The molecular formula is C15H31N3. The molecule has 1 aliphatic heterocycles. The molecule has 0 aromatic rings. The monoisotopic (exact) mass is 253 g/mol. The first-order valence-electron chi connectivity index (χ1n) is 7.51. The van der Waals surface area contributed by atoms with Gasteiger partial charge in [-0.15, -0.1) is 0 Å². The smallest absolute Gasteiger partial charge is 0.00202 e. The summed E-state index contributed by atoms with van der Waals surface area (Å²) in [5, 5.41) is 7.08. The van der Waals surface area contributed by atoms with Crippen molar-refractivity contribution in [2.24, 2.45) is 16.7 Å². The van der Waals surface area contributed by atoms with Gasteiger partial charge in [0.25, 0.3) is 0 Å². The maximum Gasteiger partial charge on any atom is 0.00202 e. The van der Waals surface area contributed by atoms with E-state index in [1.807, 2.05) is 0 Å². The highest BCUT2D eigenvalue weighted by Crippen LogP contribution is 2.44. The second-order valence-electron chi connectivity index (χ2n) is 7.37. The summed E-state index contributed by atoms with van der Waals surface area (Å²) >= 11 is 0. The molecule has 1 saturated carbocycles. The topological polar surface area (TPSA) is 27.3 Å². The molecular weight excluding hydrogens is 222 g/mol. The molecule has 0 aromatic heterocycles. The van der Waals surface area contributed by atoms with Gasteiger partial charge in [-0.1, -0.05) is 13.8 Å². The third-order valence-corrected chi connectivity index (χ3v) is 5.09. The zero-order chi connectivity index (χ0) is 13.2. The van der Waals surface area contributed by atoms with Crippen molar-refractivity contribution in [1.82, 2.24) is 15.5 Å². The SMILES string of the molecule is CNCC1(CNCC(C)(C)C2CCN(C)C2)CC1. The van der Waals surface area contributed by atoms with E-state index in [-0.39, 0.29) is 0 Å². The Morgan fingerprint density at radius 3 is 2.50 bits per heavy atom. The first-order valence-corrected chi connectivity index (χ1v) is 7.51. The van der Waals surface area contributed by atoms with Crippen LogP contribution in [0.5, 0.6) is 0 Å². The minimum atomic E-state index is 0.431. The molecule has 2 fully saturated rings. The standard InChI is InChI=1S/C15H31N3/c1-14(2,13-5-8-18(4)9-13)10-17-12-15(6-7-15)11-16-3/h13,16-17H,5-12H2,1-4H3. The molecule has 0 bridgehead atoms. The van der Waals surface area contributed by atoms with E-state index >= 15 is 0 Å². The van der Waals surface area contributed by atoms with Gasteiger partial charge in [0, 0.05) is 26.2 Å². The number of nitrogens with one attached hydrogen (secondary N) is 2. The molecule has 0 spiro atoms. The van der Waals surface area contributed by atoms with Crippen molar-refractivity contribution in [1.29, 1.82) is 0 Å². The molecule has 0 radical (unpaired) electrons. The van der Waals surface area contributed by atoms with Crippen LogP contribution >= 0.6 is 0 Å². The molecule has 106 valence electrons.